The molecule has 2 nitrogen and oxygen atoms in total. The third-order valence-corrected chi connectivity index (χ3v) is 3.62. The number of hydrogen-bond donors (Lipinski definition) is 1. The van der Waals surface area contributed by atoms with E-state index in [1.807, 2.05) is 0 Å². The lowest BCUT2D eigenvalue weighted by Gasteiger charge is -2.15. The van der Waals surface area contributed by atoms with E-state index >= 15 is 0 Å². The topological polar surface area (TPSA) is 35.2 Å². The summed E-state index contributed by atoms with van der Waals surface area (Å²) in [6, 6.07) is 8.62. The maximum atomic E-state index is 5.74. The molecule has 1 atom stereocenters. The van der Waals surface area contributed by atoms with Gasteiger partial charge in [-0.3, -0.25) is 0 Å². The second-order valence-corrected chi connectivity index (χ2v) is 5.16. The normalized spacial score (nSPS) is 12.4. The first-order chi connectivity index (χ1) is 9.31. The van der Waals surface area contributed by atoms with Crippen LogP contribution in [0.25, 0.3) is 0 Å². The number of unbranched alkanes of at least 4 members (excludes halogenated alkanes) is 2. The Morgan fingerprint density at radius 3 is 2.37 bits per heavy atom. The van der Waals surface area contributed by atoms with Crippen LogP contribution in [0, 0.1) is 0 Å². The van der Waals surface area contributed by atoms with Crippen molar-refractivity contribution in [2.45, 2.75) is 58.3 Å². The van der Waals surface area contributed by atoms with Gasteiger partial charge in [0.1, 0.15) is 5.75 Å². The number of hydrogen-bond acceptors (Lipinski definition) is 2. The van der Waals surface area contributed by atoms with Crippen molar-refractivity contribution in [3.63, 3.8) is 0 Å². The van der Waals surface area contributed by atoms with Crippen LogP contribution in [0.2, 0.25) is 0 Å². The van der Waals surface area contributed by atoms with E-state index < -0.39 is 0 Å². The van der Waals surface area contributed by atoms with Crippen molar-refractivity contribution in [3.05, 3.63) is 29.8 Å². The highest BCUT2D eigenvalue weighted by atomic mass is 16.5. The minimum absolute atomic E-state index is 0.637. The summed E-state index contributed by atoms with van der Waals surface area (Å²) in [7, 11) is 0. The van der Waals surface area contributed by atoms with E-state index in [4.69, 9.17) is 10.5 Å². The molecule has 19 heavy (non-hydrogen) atoms. The minimum Gasteiger partial charge on any atom is -0.494 e. The summed E-state index contributed by atoms with van der Waals surface area (Å²) in [4.78, 5) is 0. The molecule has 0 aromatic heterocycles. The van der Waals surface area contributed by atoms with E-state index in [9.17, 15) is 0 Å². The Hall–Kier alpha value is -1.02. The molecule has 2 heteroatoms. The predicted octanol–water partition coefficient (Wildman–Crippen LogP) is 4.49. The van der Waals surface area contributed by atoms with Gasteiger partial charge in [0.2, 0.25) is 0 Å². The first kappa shape index (κ1) is 16.0. The molecular formula is C17H29NO. The van der Waals surface area contributed by atoms with Gasteiger partial charge in [0.25, 0.3) is 0 Å². The Kier molecular flexibility index (Phi) is 8.31. The highest BCUT2D eigenvalue weighted by Crippen LogP contribution is 2.26. The average Bonchev–Trinajstić information content (AvgIpc) is 2.46. The van der Waals surface area contributed by atoms with Gasteiger partial charge >= 0.3 is 0 Å². The summed E-state index contributed by atoms with van der Waals surface area (Å²) in [5, 5.41) is 0. The van der Waals surface area contributed by atoms with E-state index in [2.05, 4.69) is 38.1 Å². The molecular weight excluding hydrogens is 234 g/mol. The van der Waals surface area contributed by atoms with Gasteiger partial charge in [-0.2, -0.15) is 0 Å². The van der Waals surface area contributed by atoms with Crippen LogP contribution < -0.4 is 10.5 Å². The van der Waals surface area contributed by atoms with Crippen molar-refractivity contribution >= 4 is 0 Å². The van der Waals surface area contributed by atoms with Gasteiger partial charge in [-0.15, -0.1) is 0 Å². The first-order valence-corrected chi connectivity index (χ1v) is 7.74. The van der Waals surface area contributed by atoms with E-state index in [0.29, 0.717) is 5.92 Å². The molecule has 1 aromatic rings. The number of rotatable bonds is 10. The smallest absolute Gasteiger partial charge is 0.119 e. The Balaban J connectivity index is 2.45. The number of ether oxygens (including phenoxy) is 1. The van der Waals surface area contributed by atoms with Gasteiger partial charge in [-0.25, -0.2) is 0 Å². The Bertz CT molecular complexity index is 321. The minimum atomic E-state index is 0.637. The van der Waals surface area contributed by atoms with Crippen LogP contribution >= 0.6 is 0 Å². The fourth-order valence-electron chi connectivity index (χ4n) is 2.35. The summed E-state index contributed by atoms with van der Waals surface area (Å²) in [6.07, 6.45) is 7.09. The molecule has 0 heterocycles. The zero-order chi connectivity index (χ0) is 13.9. The summed E-state index contributed by atoms with van der Waals surface area (Å²) in [5.41, 5.74) is 7.01. The molecule has 0 radical (unpaired) electrons. The zero-order valence-corrected chi connectivity index (χ0v) is 12.5. The van der Waals surface area contributed by atoms with Gasteiger partial charge in [0.15, 0.2) is 0 Å². The summed E-state index contributed by atoms with van der Waals surface area (Å²) in [6.45, 7) is 6.07. The maximum Gasteiger partial charge on any atom is 0.119 e. The molecule has 1 aromatic carbocycles. The van der Waals surface area contributed by atoms with Crippen LogP contribution in [0.15, 0.2) is 24.3 Å². The molecule has 0 aliphatic rings. The van der Waals surface area contributed by atoms with Gasteiger partial charge in [-0.05, 0) is 55.8 Å². The monoisotopic (exact) mass is 263 g/mol. The van der Waals surface area contributed by atoms with Crippen molar-refractivity contribution in [2.24, 2.45) is 5.73 Å². The van der Waals surface area contributed by atoms with Crippen LogP contribution in [-0.4, -0.2) is 13.2 Å². The van der Waals surface area contributed by atoms with Crippen molar-refractivity contribution in [3.8, 4) is 5.75 Å². The third kappa shape index (κ3) is 6.11. The van der Waals surface area contributed by atoms with Crippen molar-refractivity contribution in [1.82, 2.24) is 0 Å². The molecule has 0 saturated heterocycles. The predicted molar refractivity (Wildman–Crippen MR) is 82.8 cm³/mol. The van der Waals surface area contributed by atoms with Gasteiger partial charge in [0.05, 0.1) is 6.61 Å². The lowest BCUT2D eigenvalue weighted by molar-refractivity contribution is 0.306. The van der Waals surface area contributed by atoms with E-state index in [1.54, 1.807) is 0 Å². The quantitative estimate of drug-likeness (QED) is 0.631. The SMILES string of the molecule is CCCCCOc1ccc(C(CC)CCCN)cc1. The third-order valence-electron chi connectivity index (χ3n) is 3.62. The fraction of sp³-hybridized carbons (Fsp3) is 0.647. The molecule has 0 fully saturated rings. The number of nitrogens with two attached hydrogens (primary N) is 1. The molecule has 1 unspecified atom stereocenters. The highest BCUT2D eigenvalue weighted by molar-refractivity contribution is 5.29. The summed E-state index contributed by atoms with van der Waals surface area (Å²) < 4.78 is 5.74. The van der Waals surface area contributed by atoms with Crippen LogP contribution in [0.5, 0.6) is 5.75 Å². The van der Waals surface area contributed by atoms with Gasteiger partial charge in [-0.1, -0.05) is 38.8 Å². The highest BCUT2D eigenvalue weighted by Gasteiger charge is 2.08. The lowest BCUT2D eigenvalue weighted by Crippen LogP contribution is -2.04. The largest absolute Gasteiger partial charge is 0.494 e. The standard InChI is InChI=1S/C17H29NO/c1-3-5-6-14-19-17-11-9-16(10-12-17)15(4-2)8-7-13-18/h9-12,15H,3-8,13-14,18H2,1-2H3. The van der Waals surface area contributed by atoms with Crippen molar-refractivity contribution in [1.29, 1.82) is 0 Å². The van der Waals surface area contributed by atoms with Gasteiger partial charge < -0.3 is 10.5 Å². The summed E-state index contributed by atoms with van der Waals surface area (Å²) >= 11 is 0. The average molecular weight is 263 g/mol. The molecule has 0 saturated carbocycles. The second kappa shape index (κ2) is 9.85. The second-order valence-electron chi connectivity index (χ2n) is 5.16. The Morgan fingerprint density at radius 1 is 1.05 bits per heavy atom. The van der Waals surface area contributed by atoms with Crippen molar-refractivity contribution < 1.29 is 4.74 Å². The maximum absolute atomic E-state index is 5.74. The van der Waals surface area contributed by atoms with Gasteiger partial charge in [0, 0.05) is 0 Å². The van der Waals surface area contributed by atoms with Crippen LogP contribution in [-0.2, 0) is 0 Å². The molecule has 1 rings (SSSR count). The van der Waals surface area contributed by atoms with Crippen LogP contribution in [0.4, 0.5) is 0 Å². The van der Waals surface area contributed by atoms with Crippen LogP contribution in [0.1, 0.15) is 63.9 Å². The van der Waals surface area contributed by atoms with Crippen molar-refractivity contribution in [2.75, 3.05) is 13.2 Å². The van der Waals surface area contributed by atoms with Crippen LogP contribution in [0.3, 0.4) is 0 Å². The molecule has 0 amide bonds. The fourth-order valence-corrected chi connectivity index (χ4v) is 2.35. The molecule has 2 N–H and O–H groups in total. The number of benzene rings is 1. The van der Waals surface area contributed by atoms with E-state index in [-0.39, 0.29) is 0 Å². The molecule has 0 bridgehead atoms. The first-order valence-electron chi connectivity index (χ1n) is 7.74. The Labute approximate surface area is 118 Å². The molecule has 0 aliphatic carbocycles. The molecule has 0 aliphatic heterocycles. The lowest BCUT2D eigenvalue weighted by atomic mass is 9.92. The van der Waals surface area contributed by atoms with E-state index in [1.165, 1.54) is 31.2 Å². The molecule has 0 spiro atoms. The zero-order valence-electron chi connectivity index (χ0n) is 12.5. The molecule has 108 valence electrons. The van der Waals surface area contributed by atoms with E-state index in [0.717, 1.165) is 31.7 Å². The summed E-state index contributed by atoms with van der Waals surface area (Å²) in [5.74, 6) is 1.63. The Morgan fingerprint density at radius 2 is 1.79 bits per heavy atom.